The van der Waals surface area contributed by atoms with Crippen molar-refractivity contribution in [2.75, 3.05) is 51.3 Å². The molecule has 1 fully saturated rings. The summed E-state index contributed by atoms with van der Waals surface area (Å²) in [5.74, 6) is -0.0597. The van der Waals surface area contributed by atoms with Gasteiger partial charge in [-0.05, 0) is 17.0 Å². The number of anilines is 1. The molecule has 0 saturated carbocycles. The van der Waals surface area contributed by atoms with Gasteiger partial charge in [0.15, 0.2) is 0 Å². The molecule has 0 atom stereocenters. The molecule has 0 bridgehead atoms. The molecule has 2 amide bonds. The third-order valence-electron chi connectivity index (χ3n) is 4.85. The van der Waals surface area contributed by atoms with Crippen LogP contribution >= 0.6 is 0 Å². The Hall–Kier alpha value is -1.92. The third kappa shape index (κ3) is 6.96. The maximum absolute atomic E-state index is 12.4. The molecule has 6 nitrogen and oxygen atoms in total. The quantitative estimate of drug-likeness (QED) is 0.795. The van der Waals surface area contributed by atoms with Crippen LogP contribution in [0, 0.1) is 0 Å². The van der Waals surface area contributed by atoms with E-state index in [0.29, 0.717) is 19.5 Å². The van der Waals surface area contributed by atoms with E-state index in [-0.39, 0.29) is 17.2 Å². The third-order valence-corrected chi connectivity index (χ3v) is 4.85. The Balaban J connectivity index is 1.86. The Morgan fingerprint density at radius 1 is 1.15 bits per heavy atom. The zero-order chi connectivity index (χ0) is 19.9. The van der Waals surface area contributed by atoms with E-state index in [0.717, 1.165) is 44.1 Å². The standard InChI is InChI=1S/C21H33N3O3/c1-17(25)24(12-11-23-13-15-27-16-14-23)10-9-20(26)22-19-8-6-5-7-18(19)21(2,3)4/h5-8H,9-16H2,1-4H3,(H,22,26). The molecule has 0 aliphatic carbocycles. The zero-order valence-electron chi connectivity index (χ0n) is 17.1. The van der Waals surface area contributed by atoms with Gasteiger partial charge < -0.3 is 15.0 Å². The molecular formula is C21H33N3O3. The summed E-state index contributed by atoms with van der Waals surface area (Å²) in [6.45, 7) is 13.1. The number of carbonyl (C=O) groups excluding carboxylic acids is 2. The molecule has 6 heteroatoms. The van der Waals surface area contributed by atoms with Gasteiger partial charge in [0.05, 0.1) is 13.2 Å². The average Bonchev–Trinajstić information content (AvgIpc) is 2.61. The van der Waals surface area contributed by atoms with E-state index in [1.54, 1.807) is 11.8 Å². The second kappa shape index (κ2) is 9.85. The van der Waals surface area contributed by atoms with Crippen molar-refractivity contribution in [3.63, 3.8) is 0 Å². The van der Waals surface area contributed by atoms with Crippen molar-refractivity contribution in [3.05, 3.63) is 29.8 Å². The fourth-order valence-corrected chi connectivity index (χ4v) is 3.21. The summed E-state index contributed by atoms with van der Waals surface area (Å²) in [5, 5.41) is 3.01. The summed E-state index contributed by atoms with van der Waals surface area (Å²) in [6.07, 6.45) is 0.293. The first-order valence-corrected chi connectivity index (χ1v) is 9.72. The molecule has 0 unspecified atom stereocenters. The first-order valence-electron chi connectivity index (χ1n) is 9.72. The minimum absolute atomic E-state index is 0.00570. The average molecular weight is 376 g/mol. The Kier molecular flexibility index (Phi) is 7.80. The fourth-order valence-electron chi connectivity index (χ4n) is 3.21. The summed E-state index contributed by atoms with van der Waals surface area (Å²) in [7, 11) is 0. The highest BCUT2D eigenvalue weighted by atomic mass is 16.5. The van der Waals surface area contributed by atoms with Crippen LogP contribution in [-0.2, 0) is 19.7 Å². The van der Waals surface area contributed by atoms with E-state index >= 15 is 0 Å². The first kappa shape index (κ1) is 21.4. The molecule has 1 heterocycles. The van der Waals surface area contributed by atoms with Gasteiger partial charge in [-0.1, -0.05) is 39.0 Å². The SMILES string of the molecule is CC(=O)N(CCC(=O)Nc1ccccc1C(C)(C)C)CCN1CCOCC1. The van der Waals surface area contributed by atoms with Crippen LogP contribution in [0.15, 0.2) is 24.3 Å². The predicted octanol–water partition coefficient (Wildman–Crippen LogP) is 2.49. The van der Waals surface area contributed by atoms with Gasteiger partial charge in [0, 0.05) is 51.8 Å². The summed E-state index contributed by atoms with van der Waals surface area (Å²) in [4.78, 5) is 28.4. The van der Waals surface area contributed by atoms with Crippen molar-refractivity contribution in [1.29, 1.82) is 0 Å². The van der Waals surface area contributed by atoms with Gasteiger partial charge in [-0.3, -0.25) is 14.5 Å². The van der Waals surface area contributed by atoms with Crippen LogP contribution in [0.1, 0.15) is 39.7 Å². The van der Waals surface area contributed by atoms with Crippen LogP contribution in [0.4, 0.5) is 5.69 Å². The van der Waals surface area contributed by atoms with Crippen molar-refractivity contribution in [2.45, 2.75) is 39.5 Å². The van der Waals surface area contributed by atoms with Gasteiger partial charge in [0.2, 0.25) is 11.8 Å². The van der Waals surface area contributed by atoms with Gasteiger partial charge in [0.1, 0.15) is 0 Å². The molecule has 0 spiro atoms. The number of morpholine rings is 1. The van der Waals surface area contributed by atoms with Gasteiger partial charge in [-0.2, -0.15) is 0 Å². The van der Waals surface area contributed by atoms with Gasteiger partial charge in [-0.25, -0.2) is 0 Å². The first-order chi connectivity index (χ1) is 12.8. The molecule has 2 rings (SSSR count). The Bertz CT molecular complexity index is 634. The van der Waals surface area contributed by atoms with Gasteiger partial charge in [0.25, 0.3) is 0 Å². The second-order valence-electron chi connectivity index (χ2n) is 8.05. The van der Waals surface area contributed by atoms with Crippen molar-refractivity contribution in [3.8, 4) is 0 Å². The highest BCUT2D eigenvalue weighted by Gasteiger charge is 2.19. The zero-order valence-corrected chi connectivity index (χ0v) is 17.1. The number of benzene rings is 1. The highest BCUT2D eigenvalue weighted by Crippen LogP contribution is 2.29. The van der Waals surface area contributed by atoms with Gasteiger partial charge >= 0.3 is 0 Å². The number of ether oxygens (including phenoxy) is 1. The minimum Gasteiger partial charge on any atom is -0.379 e. The number of amides is 2. The maximum Gasteiger partial charge on any atom is 0.226 e. The van der Waals surface area contributed by atoms with E-state index < -0.39 is 0 Å². The number of nitrogens with one attached hydrogen (secondary N) is 1. The molecule has 27 heavy (non-hydrogen) atoms. The summed E-state index contributed by atoms with van der Waals surface area (Å²) < 4.78 is 5.35. The molecular weight excluding hydrogens is 342 g/mol. The maximum atomic E-state index is 12.4. The molecule has 150 valence electrons. The molecule has 0 aromatic heterocycles. The van der Waals surface area contributed by atoms with E-state index in [4.69, 9.17) is 4.74 Å². The minimum atomic E-state index is -0.0654. The largest absolute Gasteiger partial charge is 0.379 e. The number of hydrogen-bond donors (Lipinski definition) is 1. The smallest absolute Gasteiger partial charge is 0.226 e. The van der Waals surface area contributed by atoms with Crippen LogP contribution in [0.25, 0.3) is 0 Å². The van der Waals surface area contributed by atoms with Crippen LogP contribution in [0.3, 0.4) is 0 Å². The summed E-state index contributed by atoms with van der Waals surface area (Å²) in [5.41, 5.74) is 1.90. The molecule has 1 aliphatic heterocycles. The summed E-state index contributed by atoms with van der Waals surface area (Å²) in [6, 6.07) is 7.88. The lowest BCUT2D eigenvalue weighted by Gasteiger charge is -2.29. The van der Waals surface area contributed by atoms with E-state index in [1.165, 1.54) is 0 Å². The lowest BCUT2D eigenvalue weighted by atomic mass is 9.86. The second-order valence-corrected chi connectivity index (χ2v) is 8.05. The molecule has 1 N–H and O–H groups in total. The molecule has 1 aliphatic rings. The van der Waals surface area contributed by atoms with Crippen molar-refractivity contribution >= 4 is 17.5 Å². The van der Waals surface area contributed by atoms with Crippen LogP contribution in [-0.4, -0.2) is 67.6 Å². The van der Waals surface area contributed by atoms with E-state index in [2.05, 4.69) is 31.0 Å². The van der Waals surface area contributed by atoms with Crippen molar-refractivity contribution < 1.29 is 14.3 Å². The normalized spacial score (nSPS) is 15.4. The fraction of sp³-hybridized carbons (Fsp3) is 0.619. The number of nitrogens with zero attached hydrogens (tertiary/aromatic N) is 2. The topological polar surface area (TPSA) is 61.9 Å². The number of rotatable bonds is 7. The highest BCUT2D eigenvalue weighted by molar-refractivity contribution is 5.92. The Labute approximate surface area is 162 Å². The molecule has 1 saturated heterocycles. The molecule has 1 aromatic carbocycles. The van der Waals surface area contributed by atoms with Crippen molar-refractivity contribution in [1.82, 2.24) is 9.80 Å². The Morgan fingerprint density at radius 3 is 2.44 bits per heavy atom. The molecule has 0 radical (unpaired) electrons. The van der Waals surface area contributed by atoms with Gasteiger partial charge in [-0.15, -0.1) is 0 Å². The van der Waals surface area contributed by atoms with Crippen LogP contribution in [0.5, 0.6) is 0 Å². The lowest BCUT2D eigenvalue weighted by Crippen LogP contribution is -2.43. The monoisotopic (exact) mass is 375 g/mol. The number of para-hydroxylation sites is 1. The number of carbonyl (C=O) groups is 2. The van der Waals surface area contributed by atoms with Crippen molar-refractivity contribution in [2.24, 2.45) is 0 Å². The Morgan fingerprint density at radius 2 is 1.81 bits per heavy atom. The lowest BCUT2D eigenvalue weighted by molar-refractivity contribution is -0.129. The number of hydrogen-bond acceptors (Lipinski definition) is 4. The van der Waals surface area contributed by atoms with Crippen LogP contribution < -0.4 is 5.32 Å². The molecule has 1 aromatic rings. The van der Waals surface area contributed by atoms with Crippen LogP contribution in [0.2, 0.25) is 0 Å². The summed E-state index contributed by atoms with van der Waals surface area (Å²) >= 11 is 0. The predicted molar refractivity (Wildman–Crippen MR) is 108 cm³/mol. The van der Waals surface area contributed by atoms with E-state index in [1.807, 2.05) is 24.3 Å². The van der Waals surface area contributed by atoms with E-state index in [9.17, 15) is 9.59 Å².